The minimum atomic E-state index is -1.09. The second-order valence-corrected chi connectivity index (χ2v) is 4.03. The molecule has 18 heavy (non-hydrogen) atoms. The zero-order valence-electron chi connectivity index (χ0n) is 8.88. The van der Waals surface area contributed by atoms with E-state index in [0.29, 0.717) is 18.4 Å². The summed E-state index contributed by atoms with van der Waals surface area (Å²) in [6, 6.07) is 5.12. The average molecular weight is 271 g/mol. The van der Waals surface area contributed by atoms with Crippen LogP contribution in [-0.2, 0) is 0 Å². The van der Waals surface area contributed by atoms with E-state index in [-0.39, 0.29) is 16.1 Å². The standard InChI is InChI=1S/C13H6ClF3O/c14-8-2-1-7(6-18)10(3-8)13-11(16)4-9(15)5-12(13)17/h1-6H. The molecule has 0 N–H and O–H groups in total. The maximum absolute atomic E-state index is 13.6. The van der Waals surface area contributed by atoms with Crippen molar-refractivity contribution in [1.29, 1.82) is 0 Å². The third kappa shape index (κ3) is 2.24. The van der Waals surface area contributed by atoms with E-state index in [9.17, 15) is 18.0 Å². The van der Waals surface area contributed by atoms with Gasteiger partial charge in [-0.2, -0.15) is 0 Å². The van der Waals surface area contributed by atoms with Crippen LogP contribution in [-0.4, -0.2) is 6.29 Å². The van der Waals surface area contributed by atoms with Crippen molar-refractivity contribution in [3.8, 4) is 11.1 Å². The summed E-state index contributed by atoms with van der Waals surface area (Å²) >= 11 is 5.72. The van der Waals surface area contributed by atoms with Crippen molar-refractivity contribution >= 4 is 17.9 Å². The first-order chi connectivity index (χ1) is 8.52. The van der Waals surface area contributed by atoms with Crippen molar-refractivity contribution in [1.82, 2.24) is 0 Å². The average Bonchev–Trinajstić information content (AvgIpc) is 2.28. The van der Waals surface area contributed by atoms with E-state index >= 15 is 0 Å². The van der Waals surface area contributed by atoms with E-state index in [1.54, 1.807) is 0 Å². The van der Waals surface area contributed by atoms with E-state index < -0.39 is 23.0 Å². The molecule has 0 radical (unpaired) electrons. The Kier molecular flexibility index (Phi) is 3.39. The van der Waals surface area contributed by atoms with Gasteiger partial charge in [0.25, 0.3) is 0 Å². The van der Waals surface area contributed by atoms with Crippen LogP contribution in [0, 0.1) is 17.5 Å². The second-order valence-electron chi connectivity index (χ2n) is 3.59. The molecule has 0 aromatic heterocycles. The molecule has 0 aliphatic carbocycles. The third-order valence-corrected chi connectivity index (χ3v) is 2.65. The van der Waals surface area contributed by atoms with Gasteiger partial charge in [-0.1, -0.05) is 11.6 Å². The van der Waals surface area contributed by atoms with Gasteiger partial charge in [-0.15, -0.1) is 0 Å². The monoisotopic (exact) mass is 270 g/mol. The molecule has 0 aliphatic rings. The Balaban J connectivity index is 2.76. The molecule has 0 atom stereocenters. The molecule has 0 unspecified atom stereocenters. The molecule has 2 rings (SSSR count). The van der Waals surface area contributed by atoms with Gasteiger partial charge in [0.05, 0.1) is 5.56 Å². The van der Waals surface area contributed by atoms with Gasteiger partial charge in [0, 0.05) is 22.7 Å². The lowest BCUT2D eigenvalue weighted by Crippen LogP contribution is -1.96. The summed E-state index contributed by atoms with van der Waals surface area (Å²) in [4.78, 5) is 10.8. The van der Waals surface area contributed by atoms with Gasteiger partial charge in [0.15, 0.2) is 6.29 Å². The summed E-state index contributed by atoms with van der Waals surface area (Å²) in [6.07, 6.45) is 0.452. The van der Waals surface area contributed by atoms with Crippen molar-refractivity contribution in [2.45, 2.75) is 0 Å². The molecule has 0 aliphatic heterocycles. The lowest BCUT2D eigenvalue weighted by molar-refractivity contribution is 0.112. The smallest absolute Gasteiger partial charge is 0.150 e. The van der Waals surface area contributed by atoms with Crippen molar-refractivity contribution in [2.75, 3.05) is 0 Å². The summed E-state index contributed by atoms with van der Waals surface area (Å²) < 4.78 is 40.0. The SMILES string of the molecule is O=Cc1ccc(Cl)cc1-c1c(F)cc(F)cc1F. The van der Waals surface area contributed by atoms with Gasteiger partial charge in [0.2, 0.25) is 0 Å². The normalized spacial score (nSPS) is 10.4. The van der Waals surface area contributed by atoms with Gasteiger partial charge in [-0.05, 0) is 23.8 Å². The fourth-order valence-electron chi connectivity index (χ4n) is 1.65. The Morgan fingerprint density at radius 2 is 1.61 bits per heavy atom. The fraction of sp³-hybridized carbons (Fsp3) is 0. The highest BCUT2D eigenvalue weighted by Crippen LogP contribution is 2.31. The number of hydrogen-bond acceptors (Lipinski definition) is 1. The van der Waals surface area contributed by atoms with Gasteiger partial charge < -0.3 is 0 Å². The van der Waals surface area contributed by atoms with Crippen LogP contribution in [0.1, 0.15) is 10.4 Å². The number of halogens is 4. The fourth-order valence-corrected chi connectivity index (χ4v) is 1.82. The van der Waals surface area contributed by atoms with Crippen LogP contribution in [0.25, 0.3) is 11.1 Å². The van der Waals surface area contributed by atoms with E-state index in [4.69, 9.17) is 11.6 Å². The van der Waals surface area contributed by atoms with Crippen molar-refractivity contribution in [3.05, 3.63) is 58.4 Å². The Morgan fingerprint density at radius 1 is 1.00 bits per heavy atom. The highest BCUT2D eigenvalue weighted by molar-refractivity contribution is 6.31. The van der Waals surface area contributed by atoms with Crippen LogP contribution >= 0.6 is 11.6 Å². The van der Waals surface area contributed by atoms with Crippen LogP contribution in [0.3, 0.4) is 0 Å². The molecule has 0 saturated heterocycles. The number of carbonyl (C=O) groups excluding carboxylic acids is 1. The summed E-state index contributed by atoms with van der Waals surface area (Å²) in [5, 5.41) is 0.221. The molecule has 2 aromatic carbocycles. The number of benzene rings is 2. The molecule has 0 bridgehead atoms. The predicted octanol–water partition coefficient (Wildman–Crippen LogP) is 4.24. The molecule has 92 valence electrons. The molecule has 1 nitrogen and oxygen atoms in total. The second kappa shape index (κ2) is 4.82. The molecule has 0 saturated carbocycles. The van der Waals surface area contributed by atoms with Crippen LogP contribution in [0.2, 0.25) is 5.02 Å². The largest absolute Gasteiger partial charge is 0.298 e. The molecular formula is C13H6ClF3O. The molecule has 5 heteroatoms. The Labute approximate surface area is 106 Å². The Hall–Kier alpha value is -1.81. The van der Waals surface area contributed by atoms with Crippen molar-refractivity contribution in [2.24, 2.45) is 0 Å². The molecule has 0 fully saturated rings. The lowest BCUT2D eigenvalue weighted by Gasteiger charge is -2.08. The third-order valence-electron chi connectivity index (χ3n) is 2.42. The number of carbonyl (C=O) groups is 1. The van der Waals surface area contributed by atoms with Crippen LogP contribution in [0.5, 0.6) is 0 Å². The quantitative estimate of drug-likeness (QED) is 0.746. The zero-order chi connectivity index (χ0) is 13.3. The molecule has 2 aromatic rings. The highest BCUT2D eigenvalue weighted by atomic mass is 35.5. The number of aldehydes is 1. The molecule has 0 amide bonds. The summed E-state index contributed by atoms with van der Waals surface area (Å²) in [6.45, 7) is 0. The van der Waals surface area contributed by atoms with Gasteiger partial charge in [0.1, 0.15) is 17.5 Å². The first-order valence-electron chi connectivity index (χ1n) is 4.92. The van der Waals surface area contributed by atoms with E-state index in [1.807, 2.05) is 0 Å². The van der Waals surface area contributed by atoms with Crippen LogP contribution in [0.4, 0.5) is 13.2 Å². The summed E-state index contributed by atoms with van der Waals surface area (Å²) in [5.41, 5.74) is -0.405. The molecule has 0 spiro atoms. The zero-order valence-corrected chi connectivity index (χ0v) is 9.64. The van der Waals surface area contributed by atoms with Crippen LogP contribution < -0.4 is 0 Å². The Bertz CT molecular complexity index is 603. The first kappa shape index (κ1) is 12.6. The molecular weight excluding hydrogens is 265 g/mol. The molecule has 0 heterocycles. The predicted molar refractivity (Wildman–Crippen MR) is 62.1 cm³/mol. The van der Waals surface area contributed by atoms with E-state index in [0.717, 1.165) is 0 Å². The first-order valence-corrected chi connectivity index (χ1v) is 5.30. The minimum Gasteiger partial charge on any atom is -0.298 e. The summed E-state index contributed by atoms with van der Waals surface area (Å²) in [7, 11) is 0. The topological polar surface area (TPSA) is 17.1 Å². The van der Waals surface area contributed by atoms with Gasteiger partial charge >= 0.3 is 0 Å². The highest BCUT2D eigenvalue weighted by Gasteiger charge is 2.16. The number of hydrogen-bond donors (Lipinski definition) is 0. The van der Waals surface area contributed by atoms with E-state index in [2.05, 4.69) is 0 Å². The van der Waals surface area contributed by atoms with Crippen molar-refractivity contribution in [3.63, 3.8) is 0 Å². The van der Waals surface area contributed by atoms with E-state index in [1.165, 1.54) is 18.2 Å². The summed E-state index contributed by atoms with van der Waals surface area (Å²) in [5.74, 6) is -3.20. The van der Waals surface area contributed by atoms with Gasteiger partial charge in [-0.25, -0.2) is 13.2 Å². The minimum absolute atomic E-state index is 0.00694. The maximum Gasteiger partial charge on any atom is 0.150 e. The van der Waals surface area contributed by atoms with Gasteiger partial charge in [-0.3, -0.25) is 4.79 Å². The Morgan fingerprint density at radius 3 is 2.17 bits per heavy atom. The van der Waals surface area contributed by atoms with Crippen molar-refractivity contribution < 1.29 is 18.0 Å². The maximum atomic E-state index is 13.6. The lowest BCUT2D eigenvalue weighted by atomic mass is 9.99. The van der Waals surface area contributed by atoms with Crippen LogP contribution in [0.15, 0.2) is 30.3 Å². The number of rotatable bonds is 2.